The quantitative estimate of drug-likeness (QED) is 0.237. The van der Waals surface area contributed by atoms with Gasteiger partial charge in [0.25, 0.3) is 11.6 Å². The standard InChI is InChI=1S/C16H22N4O4/c1-20(2)10-9-18(16(22)12-20)11-15(21)17-8-7-13-3-5-14(6-4-13)19(23)24/h3-6H,7-12H2,1-2H3. The first-order valence-corrected chi connectivity index (χ1v) is 7.80. The highest BCUT2D eigenvalue weighted by Gasteiger charge is 2.30. The predicted octanol–water partition coefficient (Wildman–Crippen LogP) is -0.185. The molecular formula is C16H22N4O4. The third-order valence-electron chi connectivity index (χ3n) is 4.05. The summed E-state index contributed by atoms with van der Waals surface area (Å²) in [5, 5.41) is 22.5. The highest BCUT2D eigenvalue weighted by atomic mass is 16.6. The van der Waals surface area contributed by atoms with Crippen molar-refractivity contribution in [3.63, 3.8) is 0 Å². The molecule has 130 valence electrons. The first kappa shape index (κ1) is 17.9. The molecule has 0 N–H and O–H groups in total. The summed E-state index contributed by atoms with van der Waals surface area (Å²) in [6, 6.07) is 6.19. The molecule has 0 aromatic heterocycles. The third-order valence-corrected chi connectivity index (χ3v) is 4.05. The fourth-order valence-corrected chi connectivity index (χ4v) is 2.54. The zero-order chi connectivity index (χ0) is 17.7. The zero-order valence-corrected chi connectivity index (χ0v) is 14.0. The molecule has 1 aromatic rings. The fraction of sp³-hybridized carbons (Fsp3) is 0.500. The molecular weight excluding hydrogens is 312 g/mol. The van der Waals surface area contributed by atoms with E-state index in [9.17, 15) is 20.0 Å². The van der Waals surface area contributed by atoms with Crippen molar-refractivity contribution < 1.29 is 19.3 Å². The molecule has 0 radical (unpaired) electrons. The Morgan fingerprint density at radius 2 is 2.00 bits per heavy atom. The second-order valence-corrected chi connectivity index (χ2v) is 6.58. The fourth-order valence-electron chi connectivity index (χ4n) is 2.54. The number of nitro groups is 1. The number of hydrogen-bond donors (Lipinski definition) is 0. The number of carbonyl (C=O) groups is 1. The summed E-state index contributed by atoms with van der Waals surface area (Å²) in [4.78, 5) is 27.6. The van der Waals surface area contributed by atoms with Crippen molar-refractivity contribution in [2.24, 2.45) is 4.99 Å². The number of non-ortho nitro benzene ring substituents is 1. The van der Waals surface area contributed by atoms with Crippen molar-refractivity contribution in [3.05, 3.63) is 39.9 Å². The van der Waals surface area contributed by atoms with Crippen LogP contribution in [0.1, 0.15) is 5.56 Å². The molecule has 0 unspecified atom stereocenters. The zero-order valence-electron chi connectivity index (χ0n) is 14.0. The van der Waals surface area contributed by atoms with Crippen LogP contribution < -0.4 is 5.11 Å². The van der Waals surface area contributed by atoms with Gasteiger partial charge in [-0.3, -0.25) is 14.9 Å². The van der Waals surface area contributed by atoms with Gasteiger partial charge in [0.1, 0.15) is 0 Å². The largest absolute Gasteiger partial charge is 0.861 e. The summed E-state index contributed by atoms with van der Waals surface area (Å²) in [5.74, 6) is -0.331. The normalized spacial score (nSPS) is 17.8. The first-order valence-electron chi connectivity index (χ1n) is 7.80. The number of hydrogen-bond acceptors (Lipinski definition) is 5. The number of piperazine rings is 1. The highest BCUT2D eigenvalue weighted by Crippen LogP contribution is 2.12. The molecule has 0 aliphatic carbocycles. The van der Waals surface area contributed by atoms with Crippen LogP contribution in [-0.2, 0) is 11.2 Å². The van der Waals surface area contributed by atoms with Crippen molar-refractivity contribution >= 4 is 17.5 Å². The van der Waals surface area contributed by atoms with Crippen LogP contribution in [0.2, 0.25) is 0 Å². The van der Waals surface area contributed by atoms with Crippen molar-refractivity contribution in [3.8, 4) is 0 Å². The number of nitro benzene ring substituents is 1. The first-order chi connectivity index (χ1) is 11.3. The molecule has 0 bridgehead atoms. The lowest BCUT2D eigenvalue weighted by molar-refractivity contribution is -0.885. The average molecular weight is 334 g/mol. The van der Waals surface area contributed by atoms with E-state index in [2.05, 4.69) is 4.99 Å². The van der Waals surface area contributed by atoms with Gasteiger partial charge in [0, 0.05) is 25.2 Å². The Morgan fingerprint density at radius 1 is 1.33 bits per heavy atom. The van der Waals surface area contributed by atoms with E-state index in [0.717, 1.165) is 12.1 Å². The van der Waals surface area contributed by atoms with Gasteiger partial charge in [-0.25, -0.2) is 0 Å². The van der Waals surface area contributed by atoms with Crippen LogP contribution >= 0.6 is 0 Å². The number of nitrogens with zero attached hydrogens (tertiary/aromatic N) is 4. The maximum Gasteiger partial charge on any atom is 0.278 e. The predicted molar refractivity (Wildman–Crippen MR) is 87.5 cm³/mol. The van der Waals surface area contributed by atoms with E-state index < -0.39 is 4.92 Å². The van der Waals surface area contributed by atoms with Gasteiger partial charge >= 0.3 is 0 Å². The van der Waals surface area contributed by atoms with Crippen LogP contribution in [0.4, 0.5) is 5.69 Å². The second-order valence-electron chi connectivity index (χ2n) is 6.58. The van der Waals surface area contributed by atoms with Gasteiger partial charge in [0.05, 0.1) is 32.1 Å². The highest BCUT2D eigenvalue weighted by molar-refractivity contribution is 5.83. The van der Waals surface area contributed by atoms with Crippen LogP contribution in [0.25, 0.3) is 0 Å². The van der Waals surface area contributed by atoms with Crippen molar-refractivity contribution in [1.82, 2.24) is 4.90 Å². The molecule has 1 aliphatic rings. The molecule has 8 nitrogen and oxygen atoms in total. The Balaban J connectivity index is 1.81. The molecule has 2 rings (SSSR count). The summed E-state index contributed by atoms with van der Waals surface area (Å²) in [6.45, 7) is 2.12. The minimum atomic E-state index is -0.451. The van der Waals surface area contributed by atoms with E-state index in [1.165, 1.54) is 12.1 Å². The van der Waals surface area contributed by atoms with Crippen LogP contribution in [0, 0.1) is 10.1 Å². The summed E-state index contributed by atoms with van der Waals surface area (Å²) >= 11 is 0. The number of likely N-dealkylation sites (N-methyl/N-ethyl adjacent to an activating group) is 1. The lowest BCUT2D eigenvalue weighted by Gasteiger charge is -2.39. The van der Waals surface area contributed by atoms with Gasteiger partial charge in [-0.2, -0.15) is 0 Å². The van der Waals surface area contributed by atoms with Gasteiger partial charge < -0.3 is 19.5 Å². The van der Waals surface area contributed by atoms with E-state index in [4.69, 9.17) is 0 Å². The molecule has 1 aromatic carbocycles. The number of carbonyl (C=O) groups excluding carboxylic acids is 1. The lowest BCUT2D eigenvalue weighted by atomic mass is 10.1. The van der Waals surface area contributed by atoms with Gasteiger partial charge in [0.15, 0.2) is 6.54 Å². The maximum atomic E-state index is 12.0. The molecule has 1 aliphatic heterocycles. The molecule has 0 atom stereocenters. The third kappa shape index (κ3) is 5.02. The number of rotatable bonds is 6. The Morgan fingerprint density at radius 3 is 2.58 bits per heavy atom. The molecule has 0 spiro atoms. The van der Waals surface area contributed by atoms with Gasteiger partial charge in [0.2, 0.25) is 0 Å². The Labute approximate surface area is 140 Å². The van der Waals surface area contributed by atoms with E-state index in [1.807, 2.05) is 14.1 Å². The number of amides is 1. The minimum absolute atomic E-state index is 0.0230. The van der Waals surface area contributed by atoms with Crippen LogP contribution in [0.5, 0.6) is 0 Å². The monoisotopic (exact) mass is 334 g/mol. The van der Waals surface area contributed by atoms with E-state index in [1.54, 1.807) is 17.0 Å². The molecule has 0 saturated carbocycles. The van der Waals surface area contributed by atoms with Crippen LogP contribution in [-0.4, -0.2) is 72.9 Å². The Kier molecular flexibility index (Phi) is 5.50. The maximum absolute atomic E-state index is 12.0. The molecule has 1 fully saturated rings. The van der Waals surface area contributed by atoms with Crippen molar-refractivity contribution in [1.29, 1.82) is 0 Å². The van der Waals surface area contributed by atoms with E-state index in [-0.39, 0.29) is 24.0 Å². The SMILES string of the molecule is C[N+]1(C)CCN(CC([O-])=NCCc2ccc([N+](=O)[O-])cc2)C(=O)C1. The number of benzene rings is 1. The van der Waals surface area contributed by atoms with Crippen molar-refractivity contribution in [2.45, 2.75) is 6.42 Å². The van der Waals surface area contributed by atoms with E-state index >= 15 is 0 Å². The van der Waals surface area contributed by atoms with Gasteiger partial charge in [-0.05, 0) is 17.9 Å². The second kappa shape index (κ2) is 7.39. The van der Waals surface area contributed by atoms with Gasteiger partial charge in [-0.1, -0.05) is 12.1 Å². The average Bonchev–Trinajstić information content (AvgIpc) is 2.50. The molecule has 1 amide bonds. The molecule has 1 heterocycles. The topological polar surface area (TPSA) is 98.9 Å². The minimum Gasteiger partial charge on any atom is -0.861 e. The molecule has 24 heavy (non-hydrogen) atoms. The lowest BCUT2D eigenvalue weighted by Crippen LogP contribution is -2.59. The molecule has 1 saturated heterocycles. The van der Waals surface area contributed by atoms with Crippen molar-refractivity contribution in [2.75, 3.05) is 46.8 Å². The van der Waals surface area contributed by atoms with E-state index in [0.29, 0.717) is 30.5 Å². The summed E-state index contributed by atoms with van der Waals surface area (Å²) in [5.41, 5.74) is 0.918. The van der Waals surface area contributed by atoms with Gasteiger partial charge in [-0.15, -0.1) is 0 Å². The Bertz CT molecular complexity index is 640. The number of aliphatic imine (C=N–C) groups is 1. The van der Waals surface area contributed by atoms with Crippen LogP contribution in [0.3, 0.4) is 0 Å². The smallest absolute Gasteiger partial charge is 0.278 e. The summed E-state index contributed by atoms with van der Waals surface area (Å²) in [6.07, 6.45) is 0.529. The summed E-state index contributed by atoms with van der Waals surface area (Å²) in [7, 11) is 3.98. The Hall–Kier alpha value is -2.48. The molecule has 8 heteroatoms. The van der Waals surface area contributed by atoms with Crippen LogP contribution in [0.15, 0.2) is 29.3 Å². The summed E-state index contributed by atoms with van der Waals surface area (Å²) < 4.78 is 0.640. The number of quaternary nitrogens is 1.